The highest BCUT2D eigenvalue weighted by molar-refractivity contribution is 7.92. The fraction of sp³-hybridized carbons (Fsp3) is 0.455. The Kier molecular flexibility index (Phi) is 5.39. The summed E-state index contributed by atoms with van der Waals surface area (Å²) in [4.78, 5) is 0. The minimum Gasteiger partial charge on any atom is -0.378 e. The van der Waals surface area contributed by atoms with Gasteiger partial charge >= 0.3 is 0 Å². The van der Waals surface area contributed by atoms with Crippen LogP contribution in [-0.2, 0) is 19.5 Å². The first kappa shape index (κ1) is 14.7. The van der Waals surface area contributed by atoms with Gasteiger partial charge in [-0.2, -0.15) is 0 Å². The van der Waals surface area contributed by atoms with Crippen molar-refractivity contribution < 1.29 is 17.9 Å². The Morgan fingerprint density at radius 1 is 1.17 bits per heavy atom. The van der Waals surface area contributed by atoms with Crippen molar-refractivity contribution in [1.82, 2.24) is 0 Å². The van der Waals surface area contributed by atoms with Gasteiger partial charge in [-0.05, 0) is 12.1 Å². The van der Waals surface area contributed by atoms with E-state index in [1.54, 1.807) is 18.2 Å². The lowest BCUT2D eigenvalue weighted by molar-refractivity contribution is -0.0913. The van der Waals surface area contributed by atoms with E-state index >= 15 is 0 Å². The zero-order chi connectivity index (χ0) is 13.6. The van der Waals surface area contributed by atoms with Gasteiger partial charge in [0.05, 0.1) is 24.2 Å². The Balaban J connectivity index is 2.76. The third-order valence-electron chi connectivity index (χ3n) is 2.21. The molecule has 1 aromatic carbocycles. The predicted molar refractivity (Wildman–Crippen MR) is 71.2 cm³/mol. The lowest BCUT2D eigenvalue weighted by Gasteiger charge is -2.17. The van der Waals surface area contributed by atoms with Gasteiger partial charge in [0.25, 0.3) is 0 Å². The molecule has 0 amide bonds. The van der Waals surface area contributed by atoms with Crippen LogP contribution in [0.15, 0.2) is 24.3 Å². The molecule has 0 saturated heterocycles. The zero-order valence-electron chi connectivity index (χ0n) is 10.6. The molecular weight excluding hydrogens is 256 g/mol. The average Bonchev–Trinajstić information content (AvgIpc) is 2.30. The fourth-order valence-electron chi connectivity index (χ4n) is 1.38. The van der Waals surface area contributed by atoms with Gasteiger partial charge in [0.15, 0.2) is 6.29 Å². The number of hydrogen-bond donors (Lipinski definition) is 2. The molecule has 18 heavy (non-hydrogen) atoms. The van der Waals surface area contributed by atoms with Crippen LogP contribution < -0.4 is 10.0 Å². The molecule has 2 N–H and O–H groups in total. The molecule has 1 rings (SSSR count). The molecule has 1 aromatic rings. The van der Waals surface area contributed by atoms with Gasteiger partial charge < -0.3 is 14.8 Å². The van der Waals surface area contributed by atoms with Crippen molar-refractivity contribution in [2.75, 3.05) is 37.1 Å². The first-order chi connectivity index (χ1) is 8.46. The molecule has 0 bridgehead atoms. The van der Waals surface area contributed by atoms with Crippen molar-refractivity contribution in [3.8, 4) is 0 Å². The van der Waals surface area contributed by atoms with Gasteiger partial charge in [-0.15, -0.1) is 0 Å². The molecule has 7 heteroatoms. The van der Waals surface area contributed by atoms with Gasteiger partial charge in [-0.25, -0.2) is 8.42 Å². The number of methoxy groups -OCH3 is 2. The Morgan fingerprint density at radius 2 is 1.72 bits per heavy atom. The van der Waals surface area contributed by atoms with Crippen LogP contribution in [0, 0.1) is 0 Å². The lowest BCUT2D eigenvalue weighted by Crippen LogP contribution is -2.24. The fourth-order valence-corrected chi connectivity index (χ4v) is 1.96. The number of rotatable bonds is 7. The molecular formula is C11H18N2O4S. The minimum absolute atomic E-state index is 0.392. The van der Waals surface area contributed by atoms with E-state index in [2.05, 4.69) is 10.0 Å². The molecule has 0 aliphatic carbocycles. The number of anilines is 2. The normalized spacial score (nSPS) is 11.6. The maximum Gasteiger partial charge on any atom is 0.229 e. The van der Waals surface area contributed by atoms with Crippen LogP contribution in [0.25, 0.3) is 0 Å². The zero-order valence-corrected chi connectivity index (χ0v) is 11.5. The Labute approximate surface area is 107 Å². The van der Waals surface area contributed by atoms with E-state index in [0.29, 0.717) is 17.9 Å². The first-order valence-corrected chi connectivity index (χ1v) is 7.21. The van der Waals surface area contributed by atoms with Crippen LogP contribution in [0.1, 0.15) is 0 Å². The summed E-state index contributed by atoms with van der Waals surface area (Å²) in [5, 5.41) is 3.06. The summed E-state index contributed by atoms with van der Waals surface area (Å²) in [5.41, 5.74) is 1.16. The summed E-state index contributed by atoms with van der Waals surface area (Å²) in [6, 6.07) is 7.01. The first-order valence-electron chi connectivity index (χ1n) is 5.32. The highest BCUT2D eigenvalue weighted by atomic mass is 32.2. The van der Waals surface area contributed by atoms with Gasteiger partial charge in [-0.1, -0.05) is 12.1 Å². The number of hydrogen-bond acceptors (Lipinski definition) is 5. The monoisotopic (exact) mass is 274 g/mol. The molecule has 0 fully saturated rings. The maximum absolute atomic E-state index is 11.2. The van der Waals surface area contributed by atoms with E-state index in [-0.39, 0.29) is 0 Å². The standard InChI is InChI=1S/C11H18N2O4S/c1-16-11(17-2)8-12-9-6-4-5-7-10(9)13-18(3,14)15/h4-7,11-13H,8H2,1-3H3. The predicted octanol–water partition coefficient (Wildman–Crippen LogP) is 1.09. The number of nitrogens with one attached hydrogen (secondary N) is 2. The van der Waals surface area contributed by atoms with Crippen LogP contribution in [0.3, 0.4) is 0 Å². The van der Waals surface area contributed by atoms with Gasteiger partial charge in [0.2, 0.25) is 10.0 Å². The smallest absolute Gasteiger partial charge is 0.229 e. The second-order valence-electron chi connectivity index (χ2n) is 3.70. The lowest BCUT2D eigenvalue weighted by atomic mass is 10.3. The van der Waals surface area contributed by atoms with Crippen LogP contribution in [0.5, 0.6) is 0 Å². The van der Waals surface area contributed by atoms with E-state index in [1.807, 2.05) is 6.07 Å². The molecule has 6 nitrogen and oxygen atoms in total. The summed E-state index contributed by atoms with van der Waals surface area (Å²) in [5.74, 6) is 0. The summed E-state index contributed by atoms with van der Waals surface area (Å²) in [7, 11) is -0.225. The van der Waals surface area contributed by atoms with E-state index in [9.17, 15) is 8.42 Å². The molecule has 0 aliphatic heterocycles. The van der Waals surface area contributed by atoms with Gasteiger partial charge in [-0.3, -0.25) is 4.72 Å². The average molecular weight is 274 g/mol. The molecule has 0 saturated carbocycles. The van der Waals surface area contributed by atoms with Crippen molar-refractivity contribution in [2.45, 2.75) is 6.29 Å². The third kappa shape index (κ3) is 4.91. The second-order valence-corrected chi connectivity index (χ2v) is 5.45. The van der Waals surface area contributed by atoms with Crippen LogP contribution in [-0.4, -0.2) is 41.7 Å². The topological polar surface area (TPSA) is 76.7 Å². The van der Waals surface area contributed by atoms with Gasteiger partial charge in [0, 0.05) is 14.2 Å². The van der Waals surface area contributed by atoms with Crippen LogP contribution >= 0.6 is 0 Å². The third-order valence-corrected chi connectivity index (χ3v) is 2.80. The Bertz CT molecular complexity index is 472. The molecule has 102 valence electrons. The van der Waals surface area contributed by atoms with Crippen LogP contribution in [0.2, 0.25) is 0 Å². The highest BCUT2D eigenvalue weighted by Gasteiger charge is 2.09. The van der Waals surface area contributed by atoms with E-state index in [0.717, 1.165) is 6.26 Å². The number of para-hydroxylation sites is 2. The van der Waals surface area contributed by atoms with Crippen molar-refractivity contribution in [1.29, 1.82) is 0 Å². The minimum atomic E-state index is -3.30. The summed E-state index contributed by atoms with van der Waals surface area (Å²) in [6.45, 7) is 0.412. The molecule has 0 unspecified atom stereocenters. The molecule has 0 heterocycles. The molecule has 0 spiro atoms. The van der Waals surface area contributed by atoms with E-state index < -0.39 is 16.3 Å². The molecule has 0 radical (unpaired) electrons. The second kappa shape index (κ2) is 6.58. The molecule has 0 aromatic heterocycles. The maximum atomic E-state index is 11.2. The summed E-state index contributed by atoms with van der Waals surface area (Å²) in [6.07, 6.45) is 0.716. The quantitative estimate of drug-likeness (QED) is 0.728. The number of benzene rings is 1. The van der Waals surface area contributed by atoms with E-state index in [4.69, 9.17) is 9.47 Å². The Morgan fingerprint density at radius 3 is 2.22 bits per heavy atom. The largest absolute Gasteiger partial charge is 0.378 e. The SMILES string of the molecule is COC(CNc1ccccc1NS(C)(=O)=O)OC. The van der Waals surface area contributed by atoms with Crippen molar-refractivity contribution in [3.05, 3.63) is 24.3 Å². The van der Waals surface area contributed by atoms with Gasteiger partial charge in [0.1, 0.15) is 0 Å². The Hall–Kier alpha value is -1.31. The highest BCUT2D eigenvalue weighted by Crippen LogP contribution is 2.21. The molecule has 0 aliphatic rings. The van der Waals surface area contributed by atoms with Crippen molar-refractivity contribution >= 4 is 21.4 Å². The van der Waals surface area contributed by atoms with E-state index in [1.165, 1.54) is 14.2 Å². The summed E-state index contributed by atoms with van der Waals surface area (Å²) >= 11 is 0. The van der Waals surface area contributed by atoms with Crippen LogP contribution in [0.4, 0.5) is 11.4 Å². The number of sulfonamides is 1. The van der Waals surface area contributed by atoms with Crippen molar-refractivity contribution in [2.24, 2.45) is 0 Å². The van der Waals surface area contributed by atoms with Crippen molar-refractivity contribution in [3.63, 3.8) is 0 Å². The molecule has 0 atom stereocenters. The number of ether oxygens (including phenoxy) is 2. The summed E-state index contributed by atoms with van der Waals surface area (Å²) < 4.78 is 34.9.